The predicted molar refractivity (Wildman–Crippen MR) is 173 cm³/mol. The van der Waals surface area contributed by atoms with Gasteiger partial charge in [0.15, 0.2) is 0 Å². The summed E-state index contributed by atoms with van der Waals surface area (Å²) >= 11 is 0. The van der Waals surface area contributed by atoms with Crippen LogP contribution in [0.15, 0.2) is 36.7 Å². The predicted octanol–water partition coefficient (Wildman–Crippen LogP) is 5.28. The molecule has 4 N–H and O–H groups in total. The van der Waals surface area contributed by atoms with Crippen molar-refractivity contribution in [2.45, 2.75) is 128 Å². The Hall–Kier alpha value is -4.22. The van der Waals surface area contributed by atoms with Crippen molar-refractivity contribution >= 4 is 24.0 Å². The maximum absolute atomic E-state index is 13.3. The Kier molecular flexibility index (Phi) is 11.2. The second kappa shape index (κ2) is 14.9. The van der Waals surface area contributed by atoms with Gasteiger partial charge in [0.2, 0.25) is 0 Å². The first-order valence-electron chi connectivity index (χ1n) is 16.2. The lowest BCUT2D eigenvalue weighted by Gasteiger charge is -2.33. The average Bonchev–Trinajstić information content (AvgIpc) is 2.97. The van der Waals surface area contributed by atoms with E-state index in [0.717, 1.165) is 51.4 Å². The third kappa shape index (κ3) is 10.4. The fourth-order valence-electron chi connectivity index (χ4n) is 5.80. The van der Waals surface area contributed by atoms with Gasteiger partial charge in [-0.15, -0.1) is 0 Å². The highest BCUT2D eigenvalue weighted by atomic mass is 16.6. The number of pyridine rings is 2. The Morgan fingerprint density at radius 1 is 0.587 bits per heavy atom. The number of ether oxygens (including phenoxy) is 2. The number of carbonyl (C=O) groups is 4. The van der Waals surface area contributed by atoms with Crippen molar-refractivity contribution in [3.63, 3.8) is 0 Å². The summed E-state index contributed by atoms with van der Waals surface area (Å²) in [5, 5.41) is 12.0. The van der Waals surface area contributed by atoms with Gasteiger partial charge in [0.1, 0.15) is 11.2 Å². The van der Waals surface area contributed by atoms with Gasteiger partial charge in [0.05, 0.1) is 23.5 Å². The van der Waals surface area contributed by atoms with Gasteiger partial charge in [-0.2, -0.15) is 0 Å². The molecule has 2 aliphatic rings. The lowest BCUT2D eigenvalue weighted by molar-refractivity contribution is 0.0466. The maximum atomic E-state index is 13.3. The molecule has 0 aliphatic heterocycles. The first kappa shape index (κ1) is 34.6. The normalized spacial score (nSPS) is 21.8. The molecule has 0 bridgehead atoms. The zero-order chi connectivity index (χ0) is 33.5. The first-order chi connectivity index (χ1) is 21.7. The van der Waals surface area contributed by atoms with Crippen LogP contribution < -0.4 is 21.3 Å². The summed E-state index contributed by atoms with van der Waals surface area (Å²) < 4.78 is 10.8. The number of nitrogens with zero attached hydrogens (tertiary/aromatic N) is 2. The standard InChI is InChI=1S/C34H48N6O6/c1-33(2,3)45-31(43)39-25-13-9-7-11-23(25)37-29(41)21-15-17-35-27(19-21)28-20-22(16-18-36-28)30(42)38-24-12-8-10-14-26(24)40-32(44)46-34(4,5)6/h15-20,23-26H,7-14H2,1-6H3,(H,37,41)(H,38,42)(H,39,43)(H,40,44)/t23-,24-,25-,26-/m0/s1. The Morgan fingerprint density at radius 3 is 1.24 bits per heavy atom. The van der Waals surface area contributed by atoms with Crippen molar-refractivity contribution in [3.8, 4) is 11.4 Å². The van der Waals surface area contributed by atoms with Crippen LogP contribution in [0.2, 0.25) is 0 Å². The quantitative estimate of drug-likeness (QED) is 0.320. The summed E-state index contributed by atoms with van der Waals surface area (Å²) in [4.78, 5) is 60.3. The molecular formula is C34H48N6O6. The zero-order valence-corrected chi connectivity index (χ0v) is 27.8. The summed E-state index contributed by atoms with van der Waals surface area (Å²) in [6.45, 7) is 10.9. The molecule has 2 aromatic heterocycles. The molecular weight excluding hydrogens is 588 g/mol. The Morgan fingerprint density at radius 2 is 0.913 bits per heavy atom. The second-order valence-corrected chi connectivity index (χ2v) is 14.1. The lowest BCUT2D eigenvalue weighted by atomic mass is 9.90. The molecule has 2 heterocycles. The van der Waals surface area contributed by atoms with E-state index in [4.69, 9.17) is 9.47 Å². The van der Waals surface area contributed by atoms with Crippen LogP contribution in [0.1, 0.15) is 114 Å². The van der Waals surface area contributed by atoms with Crippen LogP contribution in [0.3, 0.4) is 0 Å². The number of alkyl carbamates (subject to hydrolysis) is 2. The van der Waals surface area contributed by atoms with Gasteiger partial charge < -0.3 is 30.7 Å². The van der Waals surface area contributed by atoms with Gasteiger partial charge in [0.25, 0.3) is 11.8 Å². The van der Waals surface area contributed by atoms with E-state index in [2.05, 4.69) is 31.2 Å². The number of rotatable bonds is 7. The molecule has 12 nitrogen and oxygen atoms in total. The van der Waals surface area contributed by atoms with Crippen molar-refractivity contribution in [2.75, 3.05) is 0 Å². The highest BCUT2D eigenvalue weighted by molar-refractivity contribution is 5.96. The van der Waals surface area contributed by atoms with Gasteiger partial charge in [0, 0.05) is 35.6 Å². The molecule has 2 saturated carbocycles. The average molecular weight is 637 g/mol. The molecule has 2 aromatic rings. The van der Waals surface area contributed by atoms with Crippen molar-refractivity contribution in [1.82, 2.24) is 31.2 Å². The summed E-state index contributed by atoms with van der Waals surface area (Å²) in [6.07, 6.45) is 8.79. The van der Waals surface area contributed by atoms with Crippen molar-refractivity contribution in [3.05, 3.63) is 47.8 Å². The lowest BCUT2D eigenvalue weighted by Crippen LogP contribution is -2.53. The Balaban J connectivity index is 1.41. The van der Waals surface area contributed by atoms with Crippen molar-refractivity contribution in [1.29, 1.82) is 0 Å². The van der Waals surface area contributed by atoms with E-state index in [1.54, 1.807) is 24.3 Å². The van der Waals surface area contributed by atoms with E-state index in [9.17, 15) is 19.2 Å². The van der Waals surface area contributed by atoms with Crippen LogP contribution in [0.4, 0.5) is 9.59 Å². The molecule has 2 fully saturated rings. The fraction of sp³-hybridized carbons (Fsp3) is 0.588. The largest absolute Gasteiger partial charge is 0.444 e. The second-order valence-electron chi connectivity index (χ2n) is 14.1. The number of aromatic nitrogens is 2. The number of hydrogen-bond donors (Lipinski definition) is 4. The molecule has 2 aliphatic carbocycles. The third-order valence-electron chi connectivity index (χ3n) is 7.88. The molecule has 0 radical (unpaired) electrons. The molecule has 4 atom stereocenters. The summed E-state index contributed by atoms with van der Waals surface area (Å²) in [6, 6.07) is 5.54. The minimum atomic E-state index is -0.617. The molecule has 0 unspecified atom stereocenters. The van der Waals surface area contributed by atoms with Gasteiger partial charge in [-0.25, -0.2) is 9.59 Å². The SMILES string of the molecule is CC(C)(C)OC(=O)N[C@H]1CCCC[C@@H]1NC(=O)c1ccnc(-c2cc(C(=O)N[C@H]3CCCC[C@@H]3NC(=O)OC(C)(C)C)ccn2)c1. The molecule has 0 spiro atoms. The van der Waals surface area contributed by atoms with E-state index in [0.29, 0.717) is 22.5 Å². The molecule has 4 amide bonds. The maximum Gasteiger partial charge on any atom is 0.407 e. The summed E-state index contributed by atoms with van der Waals surface area (Å²) in [7, 11) is 0. The zero-order valence-electron chi connectivity index (χ0n) is 27.8. The number of amides is 4. The van der Waals surface area contributed by atoms with Crippen LogP contribution in [-0.4, -0.2) is 69.3 Å². The molecule has 4 rings (SSSR count). The monoisotopic (exact) mass is 636 g/mol. The number of hydrogen-bond acceptors (Lipinski definition) is 8. The first-order valence-corrected chi connectivity index (χ1v) is 16.2. The van der Waals surface area contributed by atoms with E-state index in [1.807, 2.05) is 41.5 Å². The van der Waals surface area contributed by atoms with Crippen LogP contribution in [-0.2, 0) is 9.47 Å². The summed E-state index contributed by atoms with van der Waals surface area (Å²) in [5.74, 6) is -0.581. The van der Waals surface area contributed by atoms with Gasteiger partial charge in [-0.3, -0.25) is 19.6 Å². The van der Waals surface area contributed by atoms with Crippen molar-refractivity contribution < 1.29 is 28.7 Å². The summed E-state index contributed by atoms with van der Waals surface area (Å²) in [5.41, 5.74) is 0.429. The third-order valence-corrected chi connectivity index (χ3v) is 7.88. The van der Waals surface area contributed by atoms with Gasteiger partial charge in [-0.05, 0) is 91.5 Å². The van der Waals surface area contributed by atoms with Crippen LogP contribution in [0.25, 0.3) is 11.4 Å². The van der Waals surface area contributed by atoms with E-state index in [-0.39, 0.29) is 36.0 Å². The van der Waals surface area contributed by atoms with Crippen LogP contribution >= 0.6 is 0 Å². The molecule has 0 aromatic carbocycles. The van der Waals surface area contributed by atoms with Crippen LogP contribution in [0.5, 0.6) is 0 Å². The highest BCUT2D eigenvalue weighted by Gasteiger charge is 2.31. The molecule has 12 heteroatoms. The van der Waals surface area contributed by atoms with Crippen molar-refractivity contribution in [2.24, 2.45) is 0 Å². The minimum Gasteiger partial charge on any atom is -0.444 e. The fourth-order valence-corrected chi connectivity index (χ4v) is 5.80. The number of nitrogens with one attached hydrogen (secondary N) is 4. The Labute approximate surface area is 271 Å². The van der Waals surface area contributed by atoms with Gasteiger partial charge >= 0.3 is 12.2 Å². The molecule has 46 heavy (non-hydrogen) atoms. The van der Waals surface area contributed by atoms with E-state index >= 15 is 0 Å². The molecule has 0 saturated heterocycles. The number of carbonyl (C=O) groups excluding carboxylic acids is 4. The highest BCUT2D eigenvalue weighted by Crippen LogP contribution is 2.23. The Bertz CT molecular complexity index is 1300. The smallest absolute Gasteiger partial charge is 0.407 e. The van der Waals surface area contributed by atoms with Gasteiger partial charge in [-0.1, -0.05) is 25.7 Å². The van der Waals surface area contributed by atoms with E-state index < -0.39 is 23.4 Å². The topological polar surface area (TPSA) is 161 Å². The van der Waals surface area contributed by atoms with E-state index in [1.165, 1.54) is 12.4 Å². The molecule has 250 valence electrons. The minimum absolute atomic E-state index is 0.242. The van der Waals surface area contributed by atoms with Crippen LogP contribution in [0, 0.1) is 0 Å².